The van der Waals surface area contributed by atoms with E-state index in [-0.39, 0.29) is 48.0 Å². The monoisotopic (exact) mass is 552 g/mol. The van der Waals surface area contributed by atoms with Crippen LogP contribution in [0.4, 0.5) is 8.78 Å². The van der Waals surface area contributed by atoms with Gasteiger partial charge in [-0.15, -0.1) is 0 Å². The second-order valence-corrected chi connectivity index (χ2v) is 9.19. The normalized spacial score (nSPS) is 16.4. The first-order chi connectivity index (χ1) is 18.6. The van der Waals surface area contributed by atoms with Gasteiger partial charge >= 0.3 is 0 Å². The fourth-order valence-electron chi connectivity index (χ4n) is 4.26. The van der Waals surface area contributed by atoms with Crippen molar-refractivity contribution in [2.75, 3.05) is 6.54 Å². The van der Waals surface area contributed by atoms with Crippen molar-refractivity contribution in [2.24, 2.45) is 10.7 Å². The number of aliphatic imine (C=N–C) groups is 1. The van der Waals surface area contributed by atoms with Crippen LogP contribution < -0.4 is 11.1 Å². The molecule has 39 heavy (non-hydrogen) atoms. The summed E-state index contributed by atoms with van der Waals surface area (Å²) in [5, 5.41) is 7.00. The molecule has 4 rings (SSSR count). The number of amides is 3. The van der Waals surface area contributed by atoms with E-state index >= 15 is 0 Å². The molecule has 1 aromatic heterocycles. The summed E-state index contributed by atoms with van der Waals surface area (Å²) < 4.78 is 29.8. The molecule has 3 aromatic rings. The van der Waals surface area contributed by atoms with Crippen LogP contribution >= 0.6 is 11.6 Å². The van der Waals surface area contributed by atoms with Gasteiger partial charge in [0.1, 0.15) is 30.3 Å². The standard InChI is InChI=1S/C27H23ClF2N6O3/c1-15(32-2)6-7-16-8-9-21-19(10-16)25(26(31)38)34-36(21)14-23(37)35-13-18(29)11-22(35)27(39)33-12-17-4-3-5-20(28)24(17)30/h3-5,8-10,18,22H,1-2,11-14H2,(H2,31,38)(H,33,39)/t18-,22+/m1/s1. The van der Waals surface area contributed by atoms with Gasteiger partial charge in [-0.25, -0.2) is 8.78 Å². The molecule has 0 spiro atoms. The highest BCUT2D eigenvalue weighted by Gasteiger charge is 2.40. The van der Waals surface area contributed by atoms with E-state index in [0.29, 0.717) is 16.5 Å². The van der Waals surface area contributed by atoms with E-state index in [1.165, 1.54) is 22.9 Å². The lowest BCUT2D eigenvalue weighted by Crippen LogP contribution is -2.46. The number of halogens is 3. The molecule has 1 aliphatic rings. The largest absolute Gasteiger partial charge is 0.364 e. The second-order valence-electron chi connectivity index (χ2n) is 8.78. The number of allylic oxidation sites excluding steroid dienone is 1. The maximum absolute atomic E-state index is 14.4. The van der Waals surface area contributed by atoms with E-state index in [9.17, 15) is 23.2 Å². The number of hydrogen-bond donors (Lipinski definition) is 2. The first-order valence-electron chi connectivity index (χ1n) is 11.7. The molecule has 1 fully saturated rings. The van der Waals surface area contributed by atoms with Crippen LogP contribution in [-0.2, 0) is 22.7 Å². The summed E-state index contributed by atoms with van der Waals surface area (Å²) in [7, 11) is 0. The van der Waals surface area contributed by atoms with Gasteiger partial charge in [-0.3, -0.25) is 24.1 Å². The Morgan fingerprint density at radius 2 is 2.05 bits per heavy atom. The molecule has 3 amide bonds. The fourth-order valence-corrected chi connectivity index (χ4v) is 4.45. The Balaban J connectivity index is 1.54. The van der Waals surface area contributed by atoms with E-state index in [2.05, 4.69) is 40.5 Å². The van der Waals surface area contributed by atoms with Crippen molar-refractivity contribution in [1.29, 1.82) is 0 Å². The van der Waals surface area contributed by atoms with Gasteiger partial charge in [0.05, 0.1) is 17.1 Å². The number of alkyl halides is 1. The van der Waals surface area contributed by atoms with Gasteiger partial charge in [-0.2, -0.15) is 5.10 Å². The highest BCUT2D eigenvalue weighted by atomic mass is 35.5. The fraction of sp³-hybridized carbons (Fsp3) is 0.222. The molecule has 9 nitrogen and oxygen atoms in total. The maximum Gasteiger partial charge on any atom is 0.269 e. The molecule has 0 aliphatic carbocycles. The van der Waals surface area contributed by atoms with E-state index in [0.717, 1.165) is 4.90 Å². The number of likely N-dealkylation sites (tertiary alicyclic amines) is 1. The molecule has 12 heteroatoms. The number of nitrogens with zero attached hydrogens (tertiary/aromatic N) is 4. The predicted molar refractivity (Wildman–Crippen MR) is 142 cm³/mol. The number of aromatic nitrogens is 2. The Morgan fingerprint density at radius 1 is 1.28 bits per heavy atom. The smallest absolute Gasteiger partial charge is 0.269 e. The molecular weight excluding hydrogens is 530 g/mol. The summed E-state index contributed by atoms with van der Waals surface area (Å²) in [6, 6.07) is 8.11. The molecule has 0 bridgehead atoms. The van der Waals surface area contributed by atoms with Gasteiger partial charge in [-0.1, -0.05) is 36.2 Å². The minimum absolute atomic E-state index is 0.0789. The SMILES string of the molecule is C=NC(=C)C#Cc1ccc2c(c1)c(C(N)=O)nn2CC(=O)N1C[C@H](F)C[C@H]1C(=O)NCc1cccc(Cl)c1F. The highest BCUT2D eigenvalue weighted by molar-refractivity contribution is 6.30. The van der Waals surface area contributed by atoms with Crippen LogP contribution in [0.3, 0.4) is 0 Å². The summed E-state index contributed by atoms with van der Waals surface area (Å²) >= 11 is 5.78. The summed E-state index contributed by atoms with van der Waals surface area (Å²) in [5.74, 6) is 2.83. The number of primary amides is 1. The number of hydrogen-bond acceptors (Lipinski definition) is 5. The van der Waals surface area contributed by atoms with Gasteiger partial charge in [0, 0.05) is 29.5 Å². The topological polar surface area (TPSA) is 123 Å². The average molecular weight is 553 g/mol. The zero-order valence-electron chi connectivity index (χ0n) is 20.6. The number of fused-ring (bicyclic) bond motifs is 1. The summed E-state index contributed by atoms with van der Waals surface area (Å²) in [5.41, 5.74) is 6.77. The third-order valence-electron chi connectivity index (χ3n) is 6.17. The molecule has 1 saturated heterocycles. The number of carbonyl (C=O) groups excluding carboxylic acids is 3. The Hall–Kier alpha value is -4.56. The Labute approximate surface area is 227 Å². The van der Waals surface area contributed by atoms with Crippen molar-refractivity contribution in [3.63, 3.8) is 0 Å². The van der Waals surface area contributed by atoms with Crippen LogP contribution in [-0.4, -0.2) is 57.9 Å². The molecular formula is C27H23ClF2N6O3. The molecule has 0 radical (unpaired) electrons. The Kier molecular flexibility index (Phi) is 8.07. The van der Waals surface area contributed by atoms with Crippen molar-refractivity contribution in [3.05, 3.63) is 76.3 Å². The van der Waals surface area contributed by atoms with Gasteiger partial charge < -0.3 is 16.0 Å². The average Bonchev–Trinajstić information content (AvgIpc) is 3.48. The summed E-state index contributed by atoms with van der Waals surface area (Å²) in [6.07, 6.45) is -1.64. The van der Waals surface area contributed by atoms with Crippen LogP contribution in [0.25, 0.3) is 10.9 Å². The van der Waals surface area contributed by atoms with E-state index in [4.69, 9.17) is 17.3 Å². The van der Waals surface area contributed by atoms with Crippen LogP contribution in [0, 0.1) is 17.7 Å². The van der Waals surface area contributed by atoms with Gasteiger partial charge in [0.15, 0.2) is 5.69 Å². The molecule has 2 aromatic carbocycles. The third-order valence-corrected chi connectivity index (χ3v) is 6.46. The Bertz CT molecular complexity index is 1570. The Morgan fingerprint density at radius 3 is 2.77 bits per heavy atom. The van der Waals surface area contributed by atoms with Crippen molar-refractivity contribution >= 4 is 46.9 Å². The van der Waals surface area contributed by atoms with Crippen LogP contribution in [0.15, 0.2) is 53.7 Å². The number of nitrogens with two attached hydrogens (primary N) is 1. The molecule has 0 saturated carbocycles. The molecule has 3 N–H and O–H groups in total. The van der Waals surface area contributed by atoms with Gasteiger partial charge in [-0.05, 0) is 36.9 Å². The highest BCUT2D eigenvalue weighted by Crippen LogP contribution is 2.24. The summed E-state index contributed by atoms with van der Waals surface area (Å²) in [4.78, 5) is 42.9. The third kappa shape index (κ3) is 5.97. The van der Waals surface area contributed by atoms with Crippen molar-refractivity contribution in [2.45, 2.75) is 31.7 Å². The lowest BCUT2D eigenvalue weighted by molar-refractivity contribution is -0.139. The molecule has 1 aliphatic heterocycles. The molecule has 0 unspecified atom stereocenters. The number of nitrogens with one attached hydrogen (secondary N) is 1. The van der Waals surface area contributed by atoms with E-state index in [1.54, 1.807) is 18.2 Å². The zero-order chi connectivity index (χ0) is 28.3. The lowest BCUT2D eigenvalue weighted by Gasteiger charge is -2.24. The predicted octanol–water partition coefficient (Wildman–Crippen LogP) is 2.75. The van der Waals surface area contributed by atoms with Gasteiger partial charge in [0.25, 0.3) is 5.91 Å². The molecule has 2 heterocycles. The number of benzene rings is 2. The molecule has 2 atom stereocenters. The van der Waals surface area contributed by atoms with Crippen molar-refractivity contribution in [3.8, 4) is 11.8 Å². The van der Waals surface area contributed by atoms with E-state index in [1.807, 2.05) is 0 Å². The summed E-state index contributed by atoms with van der Waals surface area (Å²) in [6.45, 7) is 6.09. The molecule has 200 valence electrons. The van der Waals surface area contributed by atoms with Crippen molar-refractivity contribution < 1.29 is 23.2 Å². The zero-order valence-corrected chi connectivity index (χ0v) is 21.3. The quantitative estimate of drug-likeness (QED) is 0.345. The van der Waals surface area contributed by atoms with Crippen LogP contribution in [0.5, 0.6) is 0 Å². The van der Waals surface area contributed by atoms with Crippen LogP contribution in [0.1, 0.15) is 28.0 Å². The van der Waals surface area contributed by atoms with Crippen molar-refractivity contribution in [1.82, 2.24) is 20.0 Å². The van der Waals surface area contributed by atoms with E-state index < -0.39 is 35.8 Å². The van der Waals surface area contributed by atoms with Gasteiger partial charge in [0.2, 0.25) is 11.8 Å². The second kappa shape index (κ2) is 11.4. The maximum atomic E-state index is 14.4. The first-order valence-corrected chi connectivity index (χ1v) is 12.1. The lowest BCUT2D eigenvalue weighted by atomic mass is 10.1. The minimum atomic E-state index is -1.43. The minimum Gasteiger partial charge on any atom is -0.364 e. The van der Waals surface area contributed by atoms with Crippen LogP contribution in [0.2, 0.25) is 5.02 Å². The number of rotatable bonds is 7. The number of carbonyl (C=O) groups is 3. The first kappa shape index (κ1) is 27.5.